The van der Waals surface area contributed by atoms with E-state index < -0.39 is 0 Å². The van der Waals surface area contributed by atoms with Crippen molar-refractivity contribution < 1.29 is 0 Å². The molecule has 0 saturated heterocycles. The fourth-order valence-electron chi connectivity index (χ4n) is 7.15. The van der Waals surface area contributed by atoms with Crippen molar-refractivity contribution in [3.8, 4) is 0 Å². The van der Waals surface area contributed by atoms with Crippen molar-refractivity contribution in [2.75, 3.05) is 0 Å². The smallest absolute Gasteiger partial charge is 0.0827 e. The fraction of sp³-hybridized carbons (Fsp3) is 0.849. The van der Waals surface area contributed by atoms with Gasteiger partial charge in [-0.2, -0.15) is 0 Å². The molecule has 0 radical (unpaired) electrons. The number of aromatic nitrogens is 12. The minimum absolute atomic E-state index is 0.634. The van der Waals surface area contributed by atoms with Gasteiger partial charge in [-0.15, -0.1) is 20.4 Å². The van der Waals surface area contributed by atoms with E-state index in [1.54, 1.807) is 0 Å². The first-order valence-corrected chi connectivity index (χ1v) is 26.4. The number of nitrogens with zero attached hydrogens (tertiary/aromatic N) is 12. The van der Waals surface area contributed by atoms with E-state index in [4.69, 9.17) is 0 Å². The molecule has 4 rings (SSSR count). The number of aryl methyl sites for hydroxylation is 7. The summed E-state index contributed by atoms with van der Waals surface area (Å²) < 4.78 is 8.10. The van der Waals surface area contributed by atoms with Crippen LogP contribution in [0.4, 0.5) is 0 Å². The van der Waals surface area contributed by atoms with Crippen LogP contribution in [-0.4, -0.2) is 60.0 Å². The van der Waals surface area contributed by atoms with Crippen LogP contribution in [-0.2, 0) is 51.9 Å². The summed E-state index contributed by atoms with van der Waals surface area (Å²) in [6, 6.07) is 0. The molecule has 0 atom stereocenters. The molecule has 0 unspecified atom stereocenters. The van der Waals surface area contributed by atoms with Crippen molar-refractivity contribution in [1.82, 2.24) is 60.0 Å². The summed E-state index contributed by atoms with van der Waals surface area (Å²) in [5.74, 6) is 6.06. The third kappa shape index (κ3) is 32.8. The van der Waals surface area contributed by atoms with Gasteiger partial charge in [0.05, 0.1) is 35.2 Å². The summed E-state index contributed by atoms with van der Waals surface area (Å²) in [7, 11) is 0. The molecule has 4 aromatic rings. The molecule has 0 aliphatic heterocycles. The highest BCUT2D eigenvalue weighted by Gasteiger charge is 2.08. The lowest BCUT2D eigenvalue weighted by Crippen LogP contribution is -2.07. The van der Waals surface area contributed by atoms with Gasteiger partial charge in [-0.1, -0.05) is 164 Å². The van der Waals surface area contributed by atoms with Gasteiger partial charge in [-0.3, -0.25) is 9.36 Å². The second kappa shape index (κ2) is 35.7. The topological polar surface area (TPSA) is 123 Å². The van der Waals surface area contributed by atoms with Crippen LogP contribution in [0.5, 0.6) is 0 Å². The van der Waals surface area contributed by atoms with E-state index in [0.29, 0.717) is 5.92 Å². The lowest BCUT2D eigenvalue weighted by molar-refractivity contribution is 0.460. The standard InChI is InChI=1S/C15H29N3.2C13H25N3.C12H23N3/c1-13(2)8-5-6-10-15-12-16-17-18(15)11-7-9-14(3)4;1-11(2)6-5-7-13-10-16(15-14-13)9-8-12(3)4;1-11(2)6-5-7-13-10-14-15-16(13)9-8-12(3)4;1-10(2)6-5-7-12-9-15(14-13-12)8-11(3)4/h12-14H,5-11H2,1-4H3;2*10-12H,5-9H2,1-4H3;9-11H,5-8H2,1-4H3. The Labute approximate surface area is 399 Å². The minimum atomic E-state index is 0.634. The molecular weight excluding hydrogens is 805 g/mol. The normalized spacial score (nSPS) is 11.6. The molecule has 0 amide bonds. The quantitative estimate of drug-likeness (QED) is 0.0494. The lowest BCUT2D eigenvalue weighted by atomic mass is 10.0. The van der Waals surface area contributed by atoms with Gasteiger partial charge in [-0.25, -0.2) is 9.36 Å². The van der Waals surface area contributed by atoms with E-state index in [2.05, 4.69) is 174 Å². The van der Waals surface area contributed by atoms with Gasteiger partial charge in [0.25, 0.3) is 0 Å². The molecule has 65 heavy (non-hydrogen) atoms. The highest BCUT2D eigenvalue weighted by Crippen LogP contribution is 2.14. The Bertz CT molecular complexity index is 1660. The third-order valence-corrected chi connectivity index (χ3v) is 11.2. The summed E-state index contributed by atoms with van der Waals surface area (Å²) in [5.41, 5.74) is 4.88. The molecule has 0 aromatic carbocycles. The van der Waals surface area contributed by atoms with Crippen molar-refractivity contribution in [2.45, 2.75) is 246 Å². The first kappa shape index (κ1) is 59.6. The van der Waals surface area contributed by atoms with Gasteiger partial charge in [-0.05, 0) is 124 Å². The second-order valence-corrected chi connectivity index (χ2v) is 22.1. The summed E-state index contributed by atoms with van der Waals surface area (Å²) in [5, 5.41) is 33.1. The molecule has 0 N–H and O–H groups in total. The summed E-state index contributed by atoms with van der Waals surface area (Å²) >= 11 is 0. The van der Waals surface area contributed by atoms with Crippen molar-refractivity contribution in [3.63, 3.8) is 0 Å². The van der Waals surface area contributed by atoms with E-state index >= 15 is 0 Å². The monoisotopic (exact) mass is 907 g/mol. The molecule has 0 aliphatic carbocycles. The first-order valence-electron chi connectivity index (χ1n) is 26.4. The molecular formula is C53H102N12. The third-order valence-electron chi connectivity index (χ3n) is 11.2. The maximum Gasteiger partial charge on any atom is 0.0827 e. The van der Waals surface area contributed by atoms with E-state index in [1.165, 1.54) is 94.9 Å². The maximum absolute atomic E-state index is 4.20. The summed E-state index contributed by atoms with van der Waals surface area (Å²) in [6.07, 6.45) is 28.7. The van der Waals surface area contributed by atoms with E-state index in [0.717, 1.165) is 105 Å². The second-order valence-electron chi connectivity index (χ2n) is 22.1. The Hall–Kier alpha value is -3.44. The van der Waals surface area contributed by atoms with Gasteiger partial charge in [0.2, 0.25) is 0 Å². The molecule has 0 bridgehead atoms. The Balaban J connectivity index is 0.000000434. The van der Waals surface area contributed by atoms with Crippen LogP contribution in [0.3, 0.4) is 0 Å². The van der Waals surface area contributed by atoms with Crippen LogP contribution in [0, 0.1) is 47.3 Å². The number of hydrogen-bond donors (Lipinski definition) is 0. The van der Waals surface area contributed by atoms with Crippen molar-refractivity contribution in [3.05, 3.63) is 47.6 Å². The lowest BCUT2D eigenvalue weighted by Gasteiger charge is -2.08. The number of unbranched alkanes of at least 4 members (excludes halogenated alkanes) is 1. The van der Waals surface area contributed by atoms with Crippen LogP contribution in [0.1, 0.15) is 217 Å². The first-order chi connectivity index (χ1) is 30.8. The Kier molecular flexibility index (Phi) is 32.7. The van der Waals surface area contributed by atoms with Gasteiger partial charge < -0.3 is 0 Å². The van der Waals surface area contributed by atoms with Gasteiger partial charge in [0, 0.05) is 38.6 Å². The zero-order valence-electron chi connectivity index (χ0n) is 45.1. The molecule has 4 aromatic heterocycles. The zero-order valence-corrected chi connectivity index (χ0v) is 45.1. The van der Waals surface area contributed by atoms with Gasteiger partial charge in [0.15, 0.2) is 0 Å². The number of hydrogen-bond acceptors (Lipinski definition) is 8. The highest BCUT2D eigenvalue weighted by atomic mass is 15.4. The van der Waals surface area contributed by atoms with Crippen LogP contribution in [0.2, 0.25) is 0 Å². The largest absolute Gasteiger partial charge is 0.252 e. The van der Waals surface area contributed by atoms with Crippen LogP contribution in [0.15, 0.2) is 24.8 Å². The van der Waals surface area contributed by atoms with E-state index in [1.807, 2.05) is 21.8 Å². The zero-order chi connectivity index (χ0) is 48.6. The summed E-state index contributed by atoms with van der Waals surface area (Å²) in [6.45, 7) is 40.1. The molecule has 0 spiro atoms. The fourth-order valence-corrected chi connectivity index (χ4v) is 7.15. The predicted molar refractivity (Wildman–Crippen MR) is 274 cm³/mol. The summed E-state index contributed by atoms with van der Waals surface area (Å²) in [4.78, 5) is 0. The minimum Gasteiger partial charge on any atom is -0.252 e. The average Bonchev–Trinajstić information content (AvgIpc) is 4.04. The maximum atomic E-state index is 4.20. The Morgan fingerprint density at radius 2 is 0.738 bits per heavy atom. The predicted octanol–water partition coefficient (Wildman–Crippen LogP) is 13.6. The molecule has 0 fully saturated rings. The molecule has 0 aliphatic rings. The number of rotatable bonds is 29. The van der Waals surface area contributed by atoms with Crippen molar-refractivity contribution in [1.29, 1.82) is 0 Å². The van der Waals surface area contributed by atoms with E-state index in [-0.39, 0.29) is 0 Å². The van der Waals surface area contributed by atoms with Crippen molar-refractivity contribution >= 4 is 0 Å². The molecule has 12 heteroatoms. The molecule has 374 valence electrons. The Morgan fingerprint density at radius 1 is 0.354 bits per heavy atom. The molecule has 4 heterocycles. The van der Waals surface area contributed by atoms with Crippen LogP contribution >= 0.6 is 0 Å². The van der Waals surface area contributed by atoms with E-state index in [9.17, 15) is 0 Å². The highest BCUT2D eigenvalue weighted by molar-refractivity contribution is 4.95. The van der Waals surface area contributed by atoms with Gasteiger partial charge >= 0.3 is 0 Å². The van der Waals surface area contributed by atoms with Gasteiger partial charge in [0.1, 0.15) is 0 Å². The van der Waals surface area contributed by atoms with Crippen molar-refractivity contribution in [2.24, 2.45) is 47.3 Å². The molecule has 12 nitrogen and oxygen atoms in total. The average molecular weight is 907 g/mol. The van der Waals surface area contributed by atoms with Crippen LogP contribution in [0.25, 0.3) is 0 Å². The molecule has 0 saturated carbocycles. The Morgan fingerprint density at radius 3 is 1.22 bits per heavy atom. The SMILES string of the molecule is CC(C)CCCCc1cnnn1CCCC(C)C.CC(C)CCCc1cn(CC(C)C)nn1.CC(C)CCCc1cn(CCC(C)C)nn1.CC(C)CCCc1cnnn1CCC(C)C. The van der Waals surface area contributed by atoms with Crippen LogP contribution < -0.4 is 0 Å².